The van der Waals surface area contributed by atoms with E-state index in [-0.39, 0.29) is 5.82 Å². The Kier molecular flexibility index (Phi) is 3.53. The van der Waals surface area contributed by atoms with Crippen LogP contribution in [0, 0.1) is 19.7 Å². The number of rotatable bonds is 2. The van der Waals surface area contributed by atoms with Crippen LogP contribution in [-0.2, 0) is 0 Å². The molecular formula is C14H14ClFN2. The third kappa shape index (κ3) is 2.62. The number of anilines is 2. The second kappa shape index (κ2) is 4.94. The van der Waals surface area contributed by atoms with Crippen molar-refractivity contribution in [3.8, 4) is 0 Å². The summed E-state index contributed by atoms with van der Waals surface area (Å²) >= 11 is 5.70. The van der Waals surface area contributed by atoms with Gasteiger partial charge in [0.15, 0.2) is 11.6 Å². The maximum absolute atomic E-state index is 13.8. The molecule has 0 bridgehead atoms. The molecule has 0 fully saturated rings. The molecule has 1 aromatic heterocycles. The minimum atomic E-state index is -0.427. The van der Waals surface area contributed by atoms with Crippen molar-refractivity contribution in [1.29, 1.82) is 0 Å². The Morgan fingerprint density at radius 2 is 1.72 bits per heavy atom. The topological polar surface area (TPSA) is 16.1 Å². The molecule has 0 radical (unpaired) electrons. The molecule has 0 aliphatic heterocycles. The number of halogens is 2. The molecule has 18 heavy (non-hydrogen) atoms. The molecule has 2 nitrogen and oxygen atoms in total. The third-order valence-corrected chi connectivity index (χ3v) is 2.91. The van der Waals surface area contributed by atoms with E-state index < -0.39 is 5.82 Å². The van der Waals surface area contributed by atoms with Crippen molar-refractivity contribution in [2.45, 2.75) is 13.8 Å². The fourth-order valence-corrected chi connectivity index (χ4v) is 2.07. The summed E-state index contributed by atoms with van der Waals surface area (Å²) in [4.78, 5) is 5.75. The molecule has 2 rings (SSSR count). The van der Waals surface area contributed by atoms with E-state index in [2.05, 4.69) is 11.1 Å². The van der Waals surface area contributed by atoms with Crippen molar-refractivity contribution in [3.63, 3.8) is 0 Å². The maximum atomic E-state index is 13.8. The van der Waals surface area contributed by atoms with E-state index in [1.165, 1.54) is 12.3 Å². The number of benzene rings is 1. The largest absolute Gasteiger partial charge is 0.327 e. The molecule has 0 amide bonds. The zero-order valence-electron chi connectivity index (χ0n) is 10.5. The van der Waals surface area contributed by atoms with Crippen molar-refractivity contribution in [2.75, 3.05) is 11.9 Å². The van der Waals surface area contributed by atoms with Crippen LogP contribution in [-0.4, -0.2) is 12.0 Å². The van der Waals surface area contributed by atoms with E-state index in [9.17, 15) is 4.39 Å². The second-order valence-electron chi connectivity index (χ2n) is 4.36. The molecule has 0 unspecified atom stereocenters. The normalized spacial score (nSPS) is 10.5. The standard InChI is InChI=1S/C14H14ClFN2/c1-9-4-10(2)6-12(5-9)18(3)14-13(16)7-11(15)8-17-14/h4-8H,1-3H3. The van der Waals surface area contributed by atoms with Gasteiger partial charge in [0.25, 0.3) is 0 Å². The van der Waals surface area contributed by atoms with Gasteiger partial charge in [0.05, 0.1) is 5.02 Å². The molecule has 0 N–H and O–H groups in total. The predicted octanol–water partition coefficient (Wildman–Crippen LogP) is 4.26. The van der Waals surface area contributed by atoms with Gasteiger partial charge in [-0.1, -0.05) is 17.7 Å². The van der Waals surface area contributed by atoms with Crippen LogP contribution in [0.15, 0.2) is 30.5 Å². The van der Waals surface area contributed by atoms with E-state index in [1.54, 1.807) is 11.9 Å². The number of hydrogen-bond donors (Lipinski definition) is 0. The predicted molar refractivity (Wildman–Crippen MR) is 73.2 cm³/mol. The van der Waals surface area contributed by atoms with Gasteiger partial charge in [-0.3, -0.25) is 0 Å². The van der Waals surface area contributed by atoms with Crippen LogP contribution in [0.5, 0.6) is 0 Å². The highest BCUT2D eigenvalue weighted by Gasteiger charge is 2.12. The number of hydrogen-bond acceptors (Lipinski definition) is 2. The van der Waals surface area contributed by atoms with E-state index in [0.29, 0.717) is 5.02 Å². The second-order valence-corrected chi connectivity index (χ2v) is 4.80. The highest BCUT2D eigenvalue weighted by molar-refractivity contribution is 6.30. The van der Waals surface area contributed by atoms with Crippen LogP contribution in [0.3, 0.4) is 0 Å². The number of nitrogens with zero attached hydrogens (tertiary/aromatic N) is 2. The third-order valence-electron chi connectivity index (χ3n) is 2.70. The van der Waals surface area contributed by atoms with Crippen LogP contribution in [0.2, 0.25) is 5.02 Å². The van der Waals surface area contributed by atoms with E-state index in [0.717, 1.165) is 16.8 Å². The quantitative estimate of drug-likeness (QED) is 0.806. The maximum Gasteiger partial charge on any atom is 0.169 e. The summed E-state index contributed by atoms with van der Waals surface area (Å²) < 4.78 is 13.8. The monoisotopic (exact) mass is 264 g/mol. The van der Waals surface area contributed by atoms with Gasteiger partial charge in [0.1, 0.15) is 0 Å². The van der Waals surface area contributed by atoms with Crippen LogP contribution in [0.25, 0.3) is 0 Å². The van der Waals surface area contributed by atoms with E-state index >= 15 is 0 Å². The molecule has 0 aliphatic rings. The van der Waals surface area contributed by atoms with Gasteiger partial charge in [0.2, 0.25) is 0 Å². The van der Waals surface area contributed by atoms with Gasteiger partial charge < -0.3 is 4.90 Å². The first-order chi connectivity index (χ1) is 8.47. The first-order valence-corrected chi connectivity index (χ1v) is 5.98. The first-order valence-electron chi connectivity index (χ1n) is 5.60. The number of aromatic nitrogens is 1. The minimum Gasteiger partial charge on any atom is -0.327 e. The van der Waals surface area contributed by atoms with E-state index in [4.69, 9.17) is 11.6 Å². The van der Waals surface area contributed by atoms with Crippen molar-refractivity contribution in [3.05, 3.63) is 52.4 Å². The Morgan fingerprint density at radius 1 is 1.11 bits per heavy atom. The van der Waals surface area contributed by atoms with Crippen LogP contribution < -0.4 is 4.90 Å². The molecule has 0 saturated heterocycles. The summed E-state index contributed by atoms with van der Waals surface area (Å²) in [7, 11) is 1.79. The molecule has 4 heteroatoms. The lowest BCUT2D eigenvalue weighted by atomic mass is 10.1. The molecule has 0 atom stereocenters. The molecule has 2 aromatic rings. The Bertz CT molecular complexity index is 564. The summed E-state index contributed by atoms with van der Waals surface area (Å²) in [5.41, 5.74) is 3.17. The van der Waals surface area contributed by atoms with Gasteiger partial charge in [-0.05, 0) is 43.2 Å². The lowest BCUT2D eigenvalue weighted by molar-refractivity contribution is 0.621. The minimum absolute atomic E-state index is 0.268. The fourth-order valence-electron chi connectivity index (χ4n) is 1.92. The van der Waals surface area contributed by atoms with Gasteiger partial charge >= 0.3 is 0 Å². The Balaban J connectivity index is 2.44. The van der Waals surface area contributed by atoms with Gasteiger partial charge in [-0.2, -0.15) is 0 Å². The SMILES string of the molecule is Cc1cc(C)cc(N(C)c2ncc(Cl)cc2F)c1. The first kappa shape index (κ1) is 12.8. The zero-order chi connectivity index (χ0) is 13.3. The highest BCUT2D eigenvalue weighted by Crippen LogP contribution is 2.27. The van der Waals surface area contributed by atoms with Crippen LogP contribution in [0.4, 0.5) is 15.9 Å². The van der Waals surface area contributed by atoms with Crippen molar-refractivity contribution >= 4 is 23.1 Å². The number of pyridine rings is 1. The molecule has 0 saturated carbocycles. The summed E-state index contributed by atoms with van der Waals surface area (Å²) in [5.74, 6) is -0.159. The van der Waals surface area contributed by atoms with Crippen molar-refractivity contribution < 1.29 is 4.39 Å². The fraction of sp³-hybridized carbons (Fsp3) is 0.214. The van der Waals surface area contributed by atoms with Crippen molar-refractivity contribution in [1.82, 2.24) is 4.98 Å². The number of aryl methyl sites for hydroxylation is 2. The Labute approximate surface area is 111 Å². The molecule has 1 aromatic carbocycles. The Morgan fingerprint density at radius 3 is 2.28 bits per heavy atom. The summed E-state index contributed by atoms with van der Waals surface area (Å²) in [5, 5.41) is 0.296. The van der Waals surface area contributed by atoms with Gasteiger partial charge in [0, 0.05) is 18.9 Å². The summed E-state index contributed by atoms with van der Waals surface area (Å²) in [6, 6.07) is 7.32. The Hall–Kier alpha value is -1.61. The molecule has 0 spiro atoms. The molecule has 0 aliphatic carbocycles. The van der Waals surface area contributed by atoms with Crippen molar-refractivity contribution in [2.24, 2.45) is 0 Å². The molecule has 1 heterocycles. The summed E-state index contributed by atoms with van der Waals surface area (Å²) in [6.45, 7) is 4.02. The lowest BCUT2D eigenvalue weighted by Gasteiger charge is -2.20. The highest BCUT2D eigenvalue weighted by atomic mass is 35.5. The molecular weight excluding hydrogens is 251 g/mol. The van der Waals surface area contributed by atoms with E-state index in [1.807, 2.05) is 26.0 Å². The average molecular weight is 265 g/mol. The summed E-state index contributed by atoms with van der Waals surface area (Å²) in [6.07, 6.45) is 1.44. The van der Waals surface area contributed by atoms with Crippen LogP contribution >= 0.6 is 11.6 Å². The van der Waals surface area contributed by atoms with Crippen LogP contribution in [0.1, 0.15) is 11.1 Å². The zero-order valence-corrected chi connectivity index (χ0v) is 11.3. The lowest BCUT2D eigenvalue weighted by Crippen LogP contribution is -2.13. The average Bonchev–Trinajstić information content (AvgIpc) is 2.26. The smallest absolute Gasteiger partial charge is 0.169 e. The van der Waals surface area contributed by atoms with Gasteiger partial charge in [-0.25, -0.2) is 9.37 Å². The van der Waals surface area contributed by atoms with Gasteiger partial charge in [-0.15, -0.1) is 0 Å². The molecule has 94 valence electrons.